The molecule has 0 amide bonds. The highest BCUT2D eigenvalue weighted by Gasteiger charge is 2.32. The molecule has 0 radical (unpaired) electrons. The molecule has 1 aromatic rings. The highest BCUT2D eigenvalue weighted by molar-refractivity contribution is 7.91. The van der Waals surface area contributed by atoms with Crippen molar-refractivity contribution in [2.24, 2.45) is 0 Å². The van der Waals surface area contributed by atoms with Gasteiger partial charge in [-0.2, -0.15) is 13.2 Å². The van der Waals surface area contributed by atoms with Crippen LogP contribution in [0.1, 0.15) is 13.3 Å². The average molecular weight is 290 g/mol. The first kappa shape index (κ1) is 14.1. The van der Waals surface area contributed by atoms with E-state index in [1.807, 2.05) is 4.72 Å². The molecule has 1 unspecified atom stereocenters. The smallest absolute Gasteiger partial charge is 0.374 e. The Bertz CT molecular complexity index is 484. The second kappa shape index (κ2) is 4.74. The van der Waals surface area contributed by atoms with Crippen LogP contribution in [0.2, 0.25) is 0 Å². The van der Waals surface area contributed by atoms with Crippen LogP contribution < -0.4 is 10.5 Å². The zero-order chi connectivity index (χ0) is 13.3. The van der Waals surface area contributed by atoms with E-state index in [1.165, 1.54) is 0 Å². The number of alkyl halides is 3. The highest BCUT2D eigenvalue weighted by Crippen LogP contribution is 2.23. The number of nitrogens with two attached hydrogens (primary N) is 1. The largest absolute Gasteiger partial charge is 0.390 e. The lowest BCUT2D eigenvalue weighted by atomic mass is 10.2. The highest BCUT2D eigenvalue weighted by atomic mass is 32.2. The second-order valence-electron chi connectivity index (χ2n) is 3.25. The Morgan fingerprint density at radius 2 is 2.06 bits per heavy atom. The molecule has 0 aromatic carbocycles. The van der Waals surface area contributed by atoms with Gasteiger partial charge in [-0.3, -0.25) is 0 Å². The fourth-order valence-corrected chi connectivity index (χ4v) is 3.08. The number of nitrogen functional groups attached to an aromatic ring is 1. The predicted molar refractivity (Wildman–Crippen MR) is 54.8 cm³/mol. The van der Waals surface area contributed by atoms with Gasteiger partial charge in [0.25, 0.3) is 10.0 Å². The first-order valence-corrected chi connectivity index (χ1v) is 6.58. The van der Waals surface area contributed by atoms with Gasteiger partial charge in [0.1, 0.15) is 0 Å². The summed E-state index contributed by atoms with van der Waals surface area (Å²) >= 11 is 0.578. The van der Waals surface area contributed by atoms with Crippen LogP contribution in [0.3, 0.4) is 0 Å². The molecule has 1 heterocycles. The zero-order valence-electron chi connectivity index (χ0n) is 8.52. The number of anilines is 1. The van der Waals surface area contributed by atoms with Crippen LogP contribution in [0.4, 0.5) is 18.3 Å². The third kappa shape index (κ3) is 4.44. The molecule has 0 bridgehead atoms. The van der Waals surface area contributed by atoms with Gasteiger partial charge in [0.15, 0.2) is 0 Å². The first-order chi connectivity index (χ1) is 7.60. The summed E-state index contributed by atoms with van der Waals surface area (Å²) in [6.45, 7) is 1.11. The van der Waals surface area contributed by atoms with Crippen molar-refractivity contribution in [1.29, 1.82) is 0 Å². The average Bonchev–Trinajstić information content (AvgIpc) is 2.46. The fraction of sp³-hybridized carbons (Fsp3) is 0.667. The van der Waals surface area contributed by atoms with Gasteiger partial charge in [0.2, 0.25) is 9.47 Å². The van der Waals surface area contributed by atoms with E-state index in [0.717, 1.165) is 6.92 Å². The Labute approximate surface area is 99.1 Å². The molecule has 0 saturated carbocycles. The molecule has 98 valence electrons. The quantitative estimate of drug-likeness (QED) is 0.852. The van der Waals surface area contributed by atoms with Gasteiger partial charge in [-0.1, -0.05) is 11.3 Å². The summed E-state index contributed by atoms with van der Waals surface area (Å²) < 4.78 is 60.4. The zero-order valence-corrected chi connectivity index (χ0v) is 10.2. The van der Waals surface area contributed by atoms with Crippen molar-refractivity contribution in [2.45, 2.75) is 29.9 Å². The van der Waals surface area contributed by atoms with E-state index in [4.69, 9.17) is 5.73 Å². The van der Waals surface area contributed by atoms with E-state index in [0.29, 0.717) is 11.3 Å². The van der Waals surface area contributed by atoms with E-state index in [2.05, 4.69) is 10.2 Å². The molecule has 0 fully saturated rings. The number of hydrogen-bond acceptors (Lipinski definition) is 6. The Balaban J connectivity index is 2.74. The molecule has 0 saturated heterocycles. The normalized spacial score (nSPS) is 14.8. The summed E-state index contributed by atoms with van der Waals surface area (Å²) in [6.07, 6.45) is -5.71. The molecule has 3 N–H and O–H groups in total. The van der Waals surface area contributed by atoms with Crippen molar-refractivity contribution < 1.29 is 21.6 Å². The third-order valence-electron chi connectivity index (χ3n) is 1.55. The van der Waals surface area contributed by atoms with E-state index in [9.17, 15) is 21.6 Å². The van der Waals surface area contributed by atoms with Gasteiger partial charge in [-0.15, -0.1) is 10.2 Å². The summed E-state index contributed by atoms with van der Waals surface area (Å²) in [5, 5.41) is 6.44. The predicted octanol–water partition coefficient (Wildman–Crippen LogP) is 0.740. The number of aromatic nitrogens is 2. The fourth-order valence-electron chi connectivity index (χ4n) is 1.03. The molecule has 1 rings (SSSR count). The van der Waals surface area contributed by atoms with Crippen LogP contribution in [0.25, 0.3) is 0 Å². The first-order valence-electron chi connectivity index (χ1n) is 4.28. The molecule has 6 nitrogen and oxygen atoms in total. The lowest BCUT2D eigenvalue weighted by Crippen LogP contribution is -2.35. The van der Waals surface area contributed by atoms with Crippen molar-refractivity contribution in [3.63, 3.8) is 0 Å². The lowest BCUT2D eigenvalue weighted by Gasteiger charge is -2.14. The minimum absolute atomic E-state index is 0.0751. The summed E-state index contributed by atoms with van der Waals surface area (Å²) in [7, 11) is -4.10. The number of sulfonamides is 1. The maximum atomic E-state index is 12.0. The molecule has 1 aromatic heterocycles. The van der Waals surface area contributed by atoms with Crippen molar-refractivity contribution in [3.8, 4) is 0 Å². The molecule has 0 spiro atoms. The number of hydrogen-bond donors (Lipinski definition) is 2. The van der Waals surface area contributed by atoms with Gasteiger partial charge >= 0.3 is 6.18 Å². The SMILES string of the molecule is CC(CC(F)(F)F)NS(=O)(=O)c1nnc(N)s1. The minimum Gasteiger partial charge on any atom is -0.374 e. The van der Waals surface area contributed by atoms with Crippen LogP contribution in [-0.4, -0.2) is 30.8 Å². The number of nitrogens with zero attached hydrogens (tertiary/aromatic N) is 2. The molecular weight excluding hydrogens is 281 g/mol. The molecule has 17 heavy (non-hydrogen) atoms. The van der Waals surface area contributed by atoms with Gasteiger partial charge in [-0.05, 0) is 6.92 Å². The number of rotatable bonds is 4. The Kier molecular flexibility index (Phi) is 3.94. The minimum atomic E-state index is -4.44. The standard InChI is InChI=1S/C6H9F3N4O2S2/c1-3(2-6(7,8)9)13-17(14,15)5-12-11-4(10)16-5/h3,13H,2H2,1H3,(H2,10,11). The molecular formula is C6H9F3N4O2S2. The van der Waals surface area contributed by atoms with E-state index < -0.39 is 33.0 Å². The maximum Gasteiger partial charge on any atom is 0.390 e. The van der Waals surface area contributed by atoms with Gasteiger partial charge < -0.3 is 5.73 Å². The topological polar surface area (TPSA) is 98.0 Å². The number of halogens is 3. The van der Waals surface area contributed by atoms with Crippen LogP contribution in [0.15, 0.2) is 4.34 Å². The summed E-state index contributed by atoms with van der Waals surface area (Å²) in [6, 6.07) is -1.29. The Hall–Kier alpha value is -0.940. The van der Waals surface area contributed by atoms with Crippen LogP contribution in [0.5, 0.6) is 0 Å². The van der Waals surface area contributed by atoms with Crippen LogP contribution in [-0.2, 0) is 10.0 Å². The van der Waals surface area contributed by atoms with Gasteiger partial charge in [0, 0.05) is 6.04 Å². The van der Waals surface area contributed by atoms with E-state index >= 15 is 0 Å². The van der Waals surface area contributed by atoms with Gasteiger partial charge in [-0.25, -0.2) is 13.1 Å². The molecule has 0 aliphatic heterocycles. The monoisotopic (exact) mass is 290 g/mol. The van der Waals surface area contributed by atoms with Crippen LogP contribution >= 0.6 is 11.3 Å². The molecule has 1 atom stereocenters. The summed E-state index contributed by atoms with van der Waals surface area (Å²) in [5.74, 6) is 0. The maximum absolute atomic E-state index is 12.0. The van der Waals surface area contributed by atoms with Crippen molar-refractivity contribution >= 4 is 26.5 Å². The molecule has 0 aliphatic carbocycles. The van der Waals surface area contributed by atoms with Crippen LogP contribution in [0, 0.1) is 0 Å². The number of nitrogens with one attached hydrogen (secondary N) is 1. The lowest BCUT2D eigenvalue weighted by molar-refractivity contribution is -0.137. The van der Waals surface area contributed by atoms with Crippen molar-refractivity contribution in [3.05, 3.63) is 0 Å². The second-order valence-corrected chi connectivity index (χ2v) is 6.14. The van der Waals surface area contributed by atoms with E-state index in [-0.39, 0.29) is 5.13 Å². The molecule has 0 aliphatic rings. The summed E-state index contributed by atoms with van der Waals surface area (Å²) in [5.41, 5.74) is 5.18. The third-order valence-corrected chi connectivity index (χ3v) is 4.26. The summed E-state index contributed by atoms with van der Waals surface area (Å²) in [4.78, 5) is 0. The van der Waals surface area contributed by atoms with E-state index in [1.54, 1.807) is 0 Å². The van der Waals surface area contributed by atoms with Crippen molar-refractivity contribution in [1.82, 2.24) is 14.9 Å². The Morgan fingerprint density at radius 1 is 1.47 bits per heavy atom. The van der Waals surface area contributed by atoms with Crippen molar-refractivity contribution in [2.75, 3.05) is 5.73 Å². The Morgan fingerprint density at radius 3 is 2.47 bits per heavy atom. The molecule has 11 heteroatoms. The van der Waals surface area contributed by atoms with Gasteiger partial charge in [0.05, 0.1) is 6.42 Å².